The third-order valence-electron chi connectivity index (χ3n) is 7.92. The Kier molecular flexibility index (Phi) is 8.43. The average molecular weight is 610 g/mol. The van der Waals surface area contributed by atoms with E-state index < -0.39 is 12.0 Å². The number of carbonyl (C=O) groups excluding carboxylic acids is 2. The maximum absolute atomic E-state index is 13.8. The van der Waals surface area contributed by atoms with Gasteiger partial charge in [-0.15, -0.1) is 5.10 Å². The highest BCUT2D eigenvalue weighted by atomic mass is 16.7. The zero-order valence-electron chi connectivity index (χ0n) is 25.4. The van der Waals surface area contributed by atoms with E-state index >= 15 is 0 Å². The number of fused-ring (bicyclic) bond motifs is 1. The fourth-order valence-corrected chi connectivity index (χ4v) is 5.53. The van der Waals surface area contributed by atoms with Crippen molar-refractivity contribution in [2.24, 2.45) is 0 Å². The molecule has 0 spiro atoms. The van der Waals surface area contributed by atoms with Gasteiger partial charge >= 0.3 is 11.7 Å². The predicted octanol–water partition coefficient (Wildman–Crippen LogP) is 2.63. The Hall–Kier alpha value is -5.30. The highest BCUT2D eigenvalue weighted by molar-refractivity contribution is 5.97. The first-order chi connectivity index (χ1) is 21.8. The molecule has 3 heterocycles. The van der Waals surface area contributed by atoms with Gasteiger partial charge in [-0.25, -0.2) is 9.59 Å². The Morgan fingerprint density at radius 3 is 2.31 bits per heavy atom. The molecule has 0 radical (unpaired) electrons. The molecule has 232 valence electrons. The van der Waals surface area contributed by atoms with Crippen LogP contribution in [0.5, 0.6) is 0 Å². The largest absolute Gasteiger partial charge is 0.369 e. The highest BCUT2D eigenvalue weighted by Gasteiger charge is 2.33. The van der Waals surface area contributed by atoms with Crippen LogP contribution in [0.3, 0.4) is 0 Å². The molecule has 6 rings (SSSR count). The molecule has 0 aliphatic carbocycles. The lowest BCUT2D eigenvalue weighted by Gasteiger charge is -2.39. The average Bonchev–Trinajstić information content (AvgIpc) is 3.65. The number of nitrogens with zero attached hydrogens (tertiary/aromatic N) is 8. The summed E-state index contributed by atoms with van der Waals surface area (Å²) in [4.78, 5) is 50.1. The second-order valence-corrected chi connectivity index (χ2v) is 11.1. The van der Waals surface area contributed by atoms with Crippen molar-refractivity contribution in [3.63, 3.8) is 0 Å². The number of rotatable bonds is 9. The van der Waals surface area contributed by atoms with Gasteiger partial charge in [0.1, 0.15) is 23.4 Å². The third-order valence-corrected chi connectivity index (χ3v) is 7.92. The molecule has 3 aromatic carbocycles. The first kappa shape index (κ1) is 29.8. The molecule has 45 heavy (non-hydrogen) atoms. The molecule has 2 aromatic heterocycles. The van der Waals surface area contributed by atoms with Crippen LogP contribution >= 0.6 is 0 Å². The number of amides is 1. The van der Waals surface area contributed by atoms with Gasteiger partial charge in [-0.05, 0) is 74.0 Å². The van der Waals surface area contributed by atoms with Crippen LogP contribution in [0.4, 0.5) is 5.69 Å². The smallest absolute Gasteiger partial charge is 0.356 e. The van der Waals surface area contributed by atoms with Gasteiger partial charge in [0.05, 0.1) is 5.69 Å². The van der Waals surface area contributed by atoms with Gasteiger partial charge in [0.25, 0.3) is 5.91 Å². The number of benzene rings is 3. The minimum Gasteiger partial charge on any atom is -0.369 e. The molecule has 1 atom stereocenters. The van der Waals surface area contributed by atoms with Crippen LogP contribution in [-0.2, 0) is 4.79 Å². The van der Waals surface area contributed by atoms with E-state index in [1.54, 1.807) is 29.1 Å². The van der Waals surface area contributed by atoms with Crippen molar-refractivity contribution < 1.29 is 14.4 Å². The molecule has 0 bridgehead atoms. The Morgan fingerprint density at radius 2 is 1.64 bits per heavy atom. The van der Waals surface area contributed by atoms with Gasteiger partial charge in [-0.1, -0.05) is 35.2 Å². The van der Waals surface area contributed by atoms with E-state index in [4.69, 9.17) is 4.84 Å². The number of piperazine rings is 1. The summed E-state index contributed by atoms with van der Waals surface area (Å²) in [6.45, 7) is 8.80. The number of aromatic nitrogens is 6. The van der Waals surface area contributed by atoms with Crippen molar-refractivity contribution >= 4 is 28.6 Å². The predicted molar refractivity (Wildman–Crippen MR) is 168 cm³/mol. The van der Waals surface area contributed by atoms with Crippen molar-refractivity contribution in [1.82, 2.24) is 39.7 Å². The van der Waals surface area contributed by atoms with E-state index in [2.05, 4.69) is 30.5 Å². The first-order valence-corrected chi connectivity index (χ1v) is 15.0. The number of nitrogens with one attached hydrogen (secondary N) is 1. The van der Waals surface area contributed by atoms with Crippen molar-refractivity contribution in [2.75, 3.05) is 37.6 Å². The molecule has 1 N–H and O–H groups in total. The first-order valence-electron chi connectivity index (χ1n) is 15.0. The topological polar surface area (TPSA) is 132 Å². The Bertz CT molecular complexity index is 1850. The molecule has 13 heteroatoms. The maximum Gasteiger partial charge on any atom is 0.356 e. The quantitative estimate of drug-likeness (QED) is 0.251. The van der Waals surface area contributed by atoms with Crippen LogP contribution < -0.4 is 20.7 Å². The summed E-state index contributed by atoms with van der Waals surface area (Å²) in [6.07, 6.45) is 1.56. The van der Waals surface area contributed by atoms with Crippen LogP contribution in [-0.4, -0.2) is 79.0 Å². The number of hydrogen-bond acceptors (Lipinski definition) is 9. The van der Waals surface area contributed by atoms with E-state index in [-0.39, 0.29) is 17.6 Å². The molecule has 1 aliphatic heterocycles. The number of hydrogen-bond donors (Lipinski definition) is 1. The van der Waals surface area contributed by atoms with Crippen molar-refractivity contribution in [3.8, 4) is 5.69 Å². The normalized spacial score (nSPS) is 14.5. The van der Waals surface area contributed by atoms with Crippen molar-refractivity contribution in [2.45, 2.75) is 32.9 Å². The summed E-state index contributed by atoms with van der Waals surface area (Å²) in [7, 11) is 0. The van der Waals surface area contributed by atoms with E-state index in [0.29, 0.717) is 55.0 Å². The van der Waals surface area contributed by atoms with E-state index in [9.17, 15) is 14.4 Å². The molecule has 0 saturated carbocycles. The summed E-state index contributed by atoms with van der Waals surface area (Å²) in [5.41, 5.74) is 3.70. The summed E-state index contributed by atoms with van der Waals surface area (Å²) < 4.78 is 2.99. The lowest BCUT2D eigenvalue weighted by Crippen LogP contribution is -2.50. The summed E-state index contributed by atoms with van der Waals surface area (Å²) in [6, 6.07) is 21.6. The van der Waals surface area contributed by atoms with Gasteiger partial charge < -0.3 is 15.1 Å². The SMILES string of the molecule is CCNC(=O)c1ccc2nnn(OC(=O)C(c3ccccc3)N3CCN(c4ccc(-n5ncn(C(C)C)c5=O)cc4)CC3)c2c1. The molecule has 5 aromatic rings. The third kappa shape index (κ3) is 6.07. The fraction of sp³-hybridized carbons (Fsp3) is 0.312. The minimum atomic E-state index is -0.676. The summed E-state index contributed by atoms with van der Waals surface area (Å²) in [5, 5.41) is 15.2. The number of anilines is 1. The Morgan fingerprint density at radius 1 is 0.933 bits per heavy atom. The standard InChI is InChI=1S/C32H35N9O4/c1-4-33-30(42)24-10-15-27-28(20-24)41(36-35-27)45-31(43)29(23-8-6-5-7-9-23)38-18-16-37(17-19-38)25-11-13-26(14-12-25)40-32(44)39(21-34-40)22(2)3/h5-15,20-22,29H,4,16-19H2,1-3H3,(H,33,42). The van der Waals surface area contributed by atoms with E-state index in [0.717, 1.165) is 16.1 Å². The van der Waals surface area contributed by atoms with Gasteiger partial charge in [0.15, 0.2) is 0 Å². The summed E-state index contributed by atoms with van der Waals surface area (Å²) >= 11 is 0. The van der Waals surface area contributed by atoms with Gasteiger partial charge in [0.2, 0.25) is 0 Å². The van der Waals surface area contributed by atoms with Gasteiger partial charge in [0, 0.05) is 50.0 Å². The van der Waals surface area contributed by atoms with Gasteiger partial charge in [-0.2, -0.15) is 9.78 Å². The van der Waals surface area contributed by atoms with Crippen LogP contribution in [0.2, 0.25) is 0 Å². The minimum absolute atomic E-state index is 0.0287. The van der Waals surface area contributed by atoms with E-state index in [1.165, 1.54) is 4.68 Å². The van der Waals surface area contributed by atoms with Crippen LogP contribution in [0.15, 0.2) is 83.9 Å². The van der Waals surface area contributed by atoms with E-state index in [1.807, 2.05) is 75.4 Å². The monoisotopic (exact) mass is 609 g/mol. The zero-order valence-corrected chi connectivity index (χ0v) is 25.4. The molecular weight excluding hydrogens is 574 g/mol. The van der Waals surface area contributed by atoms with Crippen molar-refractivity contribution in [3.05, 3.63) is 101 Å². The molecule has 1 fully saturated rings. The molecule has 13 nitrogen and oxygen atoms in total. The van der Waals surface area contributed by atoms with Crippen LogP contribution in [0.1, 0.15) is 48.8 Å². The second-order valence-electron chi connectivity index (χ2n) is 11.1. The highest BCUT2D eigenvalue weighted by Crippen LogP contribution is 2.26. The maximum atomic E-state index is 13.8. The summed E-state index contributed by atoms with van der Waals surface area (Å²) in [5.74, 6) is -0.732. The Labute approximate surface area is 259 Å². The zero-order chi connectivity index (χ0) is 31.5. The van der Waals surface area contributed by atoms with Crippen LogP contribution in [0.25, 0.3) is 16.7 Å². The Balaban J connectivity index is 1.18. The molecule has 1 unspecified atom stereocenters. The second kappa shape index (κ2) is 12.7. The van der Waals surface area contributed by atoms with Gasteiger partial charge in [-0.3, -0.25) is 14.3 Å². The lowest BCUT2D eigenvalue weighted by molar-refractivity contribution is -0.152. The lowest BCUT2D eigenvalue weighted by atomic mass is 10.0. The fourth-order valence-electron chi connectivity index (χ4n) is 5.53. The molecule has 1 saturated heterocycles. The molecule has 1 amide bonds. The molecule has 1 aliphatic rings. The molecular formula is C32H35N9O4. The number of carbonyl (C=O) groups is 2. The van der Waals surface area contributed by atoms with Crippen molar-refractivity contribution in [1.29, 1.82) is 0 Å². The van der Waals surface area contributed by atoms with Crippen LogP contribution in [0, 0.1) is 0 Å².